The molecule has 25 heavy (non-hydrogen) atoms. The molecule has 2 aromatic rings. The second-order valence-corrected chi connectivity index (χ2v) is 7.60. The van der Waals surface area contributed by atoms with Crippen LogP contribution >= 0.6 is 0 Å². The van der Waals surface area contributed by atoms with Crippen molar-refractivity contribution in [2.75, 3.05) is 23.3 Å². The maximum absolute atomic E-state index is 4.90. The number of piperidine rings is 1. The highest BCUT2D eigenvalue weighted by molar-refractivity contribution is 5.64. The summed E-state index contributed by atoms with van der Waals surface area (Å²) >= 11 is 0. The Labute approximate surface area is 150 Å². The van der Waals surface area contributed by atoms with Crippen LogP contribution in [0, 0.1) is 5.92 Å². The summed E-state index contributed by atoms with van der Waals surface area (Å²) in [5.41, 5.74) is 2.18. The molecular weight excluding hydrogens is 308 g/mol. The van der Waals surface area contributed by atoms with E-state index in [-0.39, 0.29) is 0 Å². The summed E-state index contributed by atoms with van der Waals surface area (Å²) in [6.45, 7) is 4.45. The lowest BCUT2D eigenvalue weighted by molar-refractivity contribution is 0.434. The fourth-order valence-corrected chi connectivity index (χ4v) is 3.89. The molecule has 0 spiro atoms. The van der Waals surface area contributed by atoms with Crippen molar-refractivity contribution < 1.29 is 0 Å². The quantitative estimate of drug-likeness (QED) is 0.876. The third-order valence-electron chi connectivity index (χ3n) is 5.56. The first kappa shape index (κ1) is 16.4. The van der Waals surface area contributed by atoms with Gasteiger partial charge >= 0.3 is 0 Å². The van der Waals surface area contributed by atoms with E-state index in [1.54, 1.807) is 0 Å². The average molecular weight is 336 g/mol. The highest BCUT2D eigenvalue weighted by atomic mass is 15.3. The molecule has 132 valence electrons. The molecular formula is C21H28N4. The highest BCUT2D eigenvalue weighted by Crippen LogP contribution is 2.28. The first-order valence-electron chi connectivity index (χ1n) is 9.74. The van der Waals surface area contributed by atoms with Crippen LogP contribution in [0.2, 0.25) is 0 Å². The first-order chi connectivity index (χ1) is 12.3. The standard InChI is InChI=1S/C21H28N4/c1-16-11-13-25(14-12-16)21-23-19(17-7-3-2-4-8-17)15-20(24-21)22-18-9-5-6-10-18/h2-4,7-8,15-16,18H,5-6,9-14H2,1H3,(H,22,23,24). The van der Waals surface area contributed by atoms with Crippen LogP contribution in [0.5, 0.6) is 0 Å². The van der Waals surface area contributed by atoms with E-state index in [0.29, 0.717) is 6.04 Å². The number of hydrogen-bond donors (Lipinski definition) is 1. The second kappa shape index (κ2) is 7.42. The Bertz CT molecular complexity index is 686. The van der Waals surface area contributed by atoms with Crippen LogP contribution in [0.4, 0.5) is 11.8 Å². The van der Waals surface area contributed by atoms with E-state index in [1.165, 1.54) is 38.5 Å². The van der Waals surface area contributed by atoms with Gasteiger partial charge in [-0.2, -0.15) is 4.98 Å². The Balaban J connectivity index is 1.64. The minimum absolute atomic E-state index is 0.563. The molecule has 1 aromatic heterocycles. The van der Waals surface area contributed by atoms with Crippen LogP contribution in [-0.2, 0) is 0 Å². The Morgan fingerprint density at radius 3 is 2.40 bits per heavy atom. The van der Waals surface area contributed by atoms with Gasteiger partial charge in [-0.25, -0.2) is 4.98 Å². The maximum atomic E-state index is 4.90. The monoisotopic (exact) mass is 336 g/mol. The van der Waals surface area contributed by atoms with E-state index in [0.717, 1.165) is 42.0 Å². The Hall–Kier alpha value is -2.10. The van der Waals surface area contributed by atoms with E-state index in [9.17, 15) is 0 Å². The number of rotatable bonds is 4. The van der Waals surface area contributed by atoms with Crippen molar-refractivity contribution in [1.29, 1.82) is 0 Å². The Kier molecular flexibility index (Phi) is 4.86. The lowest BCUT2D eigenvalue weighted by Crippen LogP contribution is -2.34. The Morgan fingerprint density at radius 2 is 1.68 bits per heavy atom. The van der Waals surface area contributed by atoms with Crippen LogP contribution in [-0.4, -0.2) is 29.1 Å². The van der Waals surface area contributed by atoms with Crippen LogP contribution in [0.1, 0.15) is 45.4 Å². The molecule has 0 bridgehead atoms. The van der Waals surface area contributed by atoms with Crippen molar-refractivity contribution >= 4 is 11.8 Å². The SMILES string of the molecule is CC1CCN(c2nc(NC3CCCC3)cc(-c3ccccc3)n2)CC1. The molecule has 1 aliphatic carbocycles. The van der Waals surface area contributed by atoms with Gasteiger partial charge in [-0.3, -0.25) is 0 Å². The van der Waals surface area contributed by atoms with Gasteiger partial charge in [0.25, 0.3) is 0 Å². The molecule has 0 radical (unpaired) electrons. The molecule has 0 amide bonds. The molecule has 4 nitrogen and oxygen atoms in total. The van der Waals surface area contributed by atoms with Crippen molar-refractivity contribution in [3.63, 3.8) is 0 Å². The van der Waals surface area contributed by atoms with E-state index in [4.69, 9.17) is 9.97 Å². The van der Waals surface area contributed by atoms with E-state index in [1.807, 2.05) is 0 Å². The van der Waals surface area contributed by atoms with Crippen LogP contribution < -0.4 is 10.2 Å². The lowest BCUT2D eigenvalue weighted by Gasteiger charge is -2.30. The van der Waals surface area contributed by atoms with Crippen molar-refractivity contribution in [3.8, 4) is 11.3 Å². The maximum Gasteiger partial charge on any atom is 0.227 e. The molecule has 2 heterocycles. The predicted octanol–water partition coefficient (Wildman–Crippen LogP) is 4.73. The topological polar surface area (TPSA) is 41.1 Å². The summed E-state index contributed by atoms with van der Waals surface area (Å²) in [5.74, 6) is 2.67. The van der Waals surface area contributed by atoms with Gasteiger partial charge in [-0.05, 0) is 31.6 Å². The van der Waals surface area contributed by atoms with Crippen molar-refractivity contribution in [2.45, 2.75) is 51.5 Å². The summed E-state index contributed by atoms with van der Waals surface area (Å²) in [5, 5.41) is 3.66. The van der Waals surface area contributed by atoms with Crippen molar-refractivity contribution in [3.05, 3.63) is 36.4 Å². The van der Waals surface area contributed by atoms with Gasteiger partial charge in [0, 0.05) is 30.8 Å². The molecule has 1 saturated carbocycles. The fourth-order valence-electron chi connectivity index (χ4n) is 3.89. The number of nitrogens with one attached hydrogen (secondary N) is 1. The number of hydrogen-bond acceptors (Lipinski definition) is 4. The van der Waals surface area contributed by atoms with Crippen molar-refractivity contribution in [1.82, 2.24) is 9.97 Å². The van der Waals surface area contributed by atoms with Gasteiger partial charge in [0.1, 0.15) is 5.82 Å². The number of anilines is 2. The van der Waals surface area contributed by atoms with Gasteiger partial charge in [0.05, 0.1) is 5.69 Å². The van der Waals surface area contributed by atoms with Gasteiger partial charge in [-0.1, -0.05) is 50.1 Å². The summed E-state index contributed by atoms with van der Waals surface area (Å²) in [6.07, 6.45) is 7.60. The molecule has 2 fully saturated rings. The third kappa shape index (κ3) is 3.94. The third-order valence-corrected chi connectivity index (χ3v) is 5.56. The first-order valence-corrected chi connectivity index (χ1v) is 9.74. The Morgan fingerprint density at radius 1 is 0.960 bits per heavy atom. The molecule has 1 aromatic carbocycles. The van der Waals surface area contributed by atoms with Crippen molar-refractivity contribution in [2.24, 2.45) is 5.92 Å². The average Bonchev–Trinajstić information content (AvgIpc) is 3.16. The minimum Gasteiger partial charge on any atom is -0.367 e. The molecule has 0 unspecified atom stereocenters. The largest absolute Gasteiger partial charge is 0.367 e. The molecule has 4 heteroatoms. The molecule has 0 atom stereocenters. The molecule has 1 N–H and O–H groups in total. The zero-order valence-electron chi connectivity index (χ0n) is 15.1. The summed E-state index contributed by atoms with van der Waals surface area (Å²) < 4.78 is 0. The van der Waals surface area contributed by atoms with Crippen LogP contribution in [0.15, 0.2) is 36.4 Å². The summed E-state index contributed by atoms with van der Waals surface area (Å²) in [4.78, 5) is 12.1. The normalized spacial score (nSPS) is 19.3. The van der Waals surface area contributed by atoms with Crippen LogP contribution in [0.25, 0.3) is 11.3 Å². The van der Waals surface area contributed by atoms with E-state index < -0.39 is 0 Å². The molecule has 1 saturated heterocycles. The smallest absolute Gasteiger partial charge is 0.227 e. The number of aromatic nitrogens is 2. The van der Waals surface area contributed by atoms with Gasteiger partial charge in [0.15, 0.2) is 0 Å². The summed E-state index contributed by atoms with van der Waals surface area (Å²) in [7, 11) is 0. The zero-order chi connectivity index (χ0) is 17.1. The number of benzene rings is 1. The number of nitrogens with zero attached hydrogens (tertiary/aromatic N) is 3. The van der Waals surface area contributed by atoms with Gasteiger partial charge in [0.2, 0.25) is 5.95 Å². The fraction of sp³-hybridized carbons (Fsp3) is 0.524. The van der Waals surface area contributed by atoms with Gasteiger partial charge in [-0.15, -0.1) is 0 Å². The second-order valence-electron chi connectivity index (χ2n) is 7.60. The predicted molar refractivity (Wildman–Crippen MR) is 104 cm³/mol. The van der Waals surface area contributed by atoms with Crippen LogP contribution in [0.3, 0.4) is 0 Å². The minimum atomic E-state index is 0.563. The molecule has 2 aliphatic rings. The molecule has 1 aliphatic heterocycles. The lowest BCUT2D eigenvalue weighted by atomic mass is 10.00. The van der Waals surface area contributed by atoms with Gasteiger partial charge < -0.3 is 10.2 Å². The highest BCUT2D eigenvalue weighted by Gasteiger charge is 2.21. The molecule has 4 rings (SSSR count). The summed E-state index contributed by atoms with van der Waals surface area (Å²) in [6, 6.07) is 13.1. The zero-order valence-corrected chi connectivity index (χ0v) is 15.1. The van der Waals surface area contributed by atoms with E-state index >= 15 is 0 Å². The van der Waals surface area contributed by atoms with E-state index in [2.05, 4.69) is 53.5 Å².